The van der Waals surface area contributed by atoms with Crippen LogP contribution in [0.15, 0.2) is 35.0 Å². The molecule has 2 aliphatic rings. The molecule has 2 atom stereocenters. The predicted molar refractivity (Wildman–Crippen MR) is 106 cm³/mol. The van der Waals surface area contributed by atoms with Crippen LogP contribution >= 0.6 is 0 Å². The summed E-state index contributed by atoms with van der Waals surface area (Å²) in [6.45, 7) is 6.26. The normalized spacial score (nSPS) is 21.9. The fraction of sp³-hybridized carbons (Fsp3) is 0.500. The van der Waals surface area contributed by atoms with Crippen LogP contribution in [0.4, 0.5) is 5.69 Å². The van der Waals surface area contributed by atoms with E-state index in [1.807, 2.05) is 32.2 Å². The second kappa shape index (κ2) is 7.28. The Morgan fingerprint density at radius 1 is 1.38 bits per heavy atom. The minimum absolute atomic E-state index is 0.0212. The number of nitrogens with zero attached hydrogens (tertiary/aromatic N) is 1. The molecule has 2 aromatic rings. The second-order valence-corrected chi connectivity index (χ2v) is 7.74. The van der Waals surface area contributed by atoms with Gasteiger partial charge in [-0.3, -0.25) is 9.69 Å². The smallest absolute Gasteiger partial charge is 0.227 e. The maximum atomic E-state index is 12.2. The zero-order valence-corrected chi connectivity index (χ0v) is 15.8. The number of anilines is 1. The van der Waals surface area contributed by atoms with Crippen LogP contribution in [-0.2, 0) is 4.79 Å². The fourth-order valence-electron chi connectivity index (χ4n) is 4.12. The summed E-state index contributed by atoms with van der Waals surface area (Å²) in [6.07, 6.45) is 10.1. The molecule has 1 aromatic heterocycles. The Morgan fingerprint density at radius 3 is 3.12 bits per heavy atom. The number of amides is 1. The van der Waals surface area contributed by atoms with Gasteiger partial charge in [-0.15, -0.1) is 0 Å². The van der Waals surface area contributed by atoms with Gasteiger partial charge in [0, 0.05) is 35.1 Å². The van der Waals surface area contributed by atoms with Crippen LogP contribution in [0.3, 0.4) is 0 Å². The van der Waals surface area contributed by atoms with E-state index in [9.17, 15) is 4.79 Å². The lowest BCUT2D eigenvalue weighted by Crippen LogP contribution is -2.41. The van der Waals surface area contributed by atoms with Crippen LogP contribution in [0.25, 0.3) is 16.5 Å². The highest BCUT2D eigenvalue weighted by atomic mass is 16.3. The molecule has 0 saturated carbocycles. The first-order valence-electron chi connectivity index (χ1n) is 9.91. The van der Waals surface area contributed by atoms with Crippen LogP contribution in [0.2, 0.25) is 0 Å². The van der Waals surface area contributed by atoms with Gasteiger partial charge in [0.05, 0.1) is 6.26 Å². The number of nitrogens with one attached hydrogen (secondary N) is 1. The lowest BCUT2D eigenvalue weighted by molar-refractivity contribution is -0.119. The monoisotopic (exact) mass is 352 g/mol. The Balaban J connectivity index is 1.61. The van der Waals surface area contributed by atoms with Crippen molar-refractivity contribution >= 4 is 28.1 Å². The summed E-state index contributed by atoms with van der Waals surface area (Å²) in [5, 5.41) is 4.14. The van der Waals surface area contributed by atoms with Crippen molar-refractivity contribution in [2.24, 2.45) is 5.92 Å². The number of piperidine rings is 1. The van der Waals surface area contributed by atoms with Gasteiger partial charge in [-0.2, -0.15) is 0 Å². The molecule has 2 unspecified atom stereocenters. The van der Waals surface area contributed by atoms with E-state index in [0.29, 0.717) is 6.04 Å². The van der Waals surface area contributed by atoms with Gasteiger partial charge in [0.25, 0.3) is 0 Å². The number of hydrogen-bond donors (Lipinski definition) is 1. The summed E-state index contributed by atoms with van der Waals surface area (Å²) in [7, 11) is 0. The number of benzene rings is 1. The maximum absolute atomic E-state index is 12.2. The summed E-state index contributed by atoms with van der Waals surface area (Å²) in [6, 6.07) is 6.61. The molecule has 0 aliphatic carbocycles. The molecule has 0 spiro atoms. The van der Waals surface area contributed by atoms with E-state index in [-0.39, 0.29) is 11.8 Å². The summed E-state index contributed by atoms with van der Waals surface area (Å²) < 4.78 is 5.80. The number of furan rings is 1. The van der Waals surface area contributed by atoms with Crippen LogP contribution in [-0.4, -0.2) is 29.9 Å². The highest BCUT2D eigenvalue weighted by Crippen LogP contribution is 2.36. The molecular weight excluding hydrogens is 324 g/mol. The van der Waals surface area contributed by atoms with E-state index >= 15 is 0 Å². The molecule has 26 heavy (non-hydrogen) atoms. The maximum Gasteiger partial charge on any atom is 0.227 e. The van der Waals surface area contributed by atoms with Crippen molar-refractivity contribution in [3.8, 4) is 0 Å². The summed E-state index contributed by atoms with van der Waals surface area (Å²) >= 11 is 0. The van der Waals surface area contributed by atoms with Crippen LogP contribution < -0.4 is 5.32 Å². The molecule has 0 bridgehead atoms. The highest BCUT2D eigenvalue weighted by molar-refractivity contribution is 5.97. The van der Waals surface area contributed by atoms with Gasteiger partial charge in [-0.1, -0.05) is 26.3 Å². The SMILES string of the molecule is CCC(C)C(=O)Nc1ccc2occ(C3=CCN4CCCCC4C3)c2c1. The van der Waals surface area contributed by atoms with Gasteiger partial charge in [0.2, 0.25) is 5.91 Å². The van der Waals surface area contributed by atoms with Gasteiger partial charge in [0.1, 0.15) is 5.58 Å². The summed E-state index contributed by atoms with van der Waals surface area (Å²) in [5.41, 5.74) is 4.30. The molecule has 0 radical (unpaired) electrons. The molecule has 1 saturated heterocycles. The Hall–Kier alpha value is -2.07. The third-order valence-electron chi connectivity index (χ3n) is 6.02. The molecule has 4 nitrogen and oxygen atoms in total. The number of carbonyl (C=O) groups excluding carboxylic acids is 1. The third kappa shape index (κ3) is 3.30. The Kier molecular flexibility index (Phi) is 4.86. The van der Waals surface area contributed by atoms with Gasteiger partial charge >= 0.3 is 0 Å². The van der Waals surface area contributed by atoms with E-state index < -0.39 is 0 Å². The molecule has 138 valence electrons. The van der Waals surface area contributed by atoms with Gasteiger partial charge in [0.15, 0.2) is 0 Å². The van der Waals surface area contributed by atoms with E-state index in [0.717, 1.165) is 36.0 Å². The lowest BCUT2D eigenvalue weighted by atomic mass is 9.89. The summed E-state index contributed by atoms with van der Waals surface area (Å²) in [4.78, 5) is 14.8. The zero-order valence-electron chi connectivity index (χ0n) is 15.8. The van der Waals surface area contributed by atoms with E-state index in [1.165, 1.54) is 36.9 Å². The quantitative estimate of drug-likeness (QED) is 0.836. The molecule has 1 fully saturated rings. The van der Waals surface area contributed by atoms with Crippen LogP contribution in [0.1, 0.15) is 51.5 Å². The van der Waals surface area contributed by atoms with Crippen molar-refractivity contribution < 1.29 is 9.21 Å². The standard InChI is InChI=1S/C22H28N2O2/c1-3-15(2)22(25)23-17-7-8-21-19(13-17)20(14-26-21)16-9-11-24-10-5-4-6-18(24)12-16/h7-9,13-15,18H,3-6,10-12H2,1-2H3,(H,23,25). The molecule has 4 rings (SSSR count). The number of rotatable bonds is 4. The van der Waals surface area contributed by atoms with E-state index in [2.05, 4.69) is 22.4 Å². The van der Waals surface area contributed by atoms with Gasteiger partial charge in [-0.05, 0) is 56.0 Å². The lowest BCUT2D eigenvalue weighted by Gasteiger charge is -2.38. The molecule has 1 N–H and O–H groups in total. The molecule has 3 heterocycles. The average Bonchev–Trinajstić information content (AvgIpc) is 3.10. The van der Waals surface area contributed by atoms with Gasteiger partial charge < -0.3 is 9.73 Å². The van der Waals surface area contributed by atoms with Gasteiger partial charge in [-0.25, -0.2) is 0 Å². The van der Waals surface area contributed by atoms with E-state index in [1.54, 1.807) is 0 Å². The minimum Gasteiger partial charge on any atom is -0.464 e. The summed E-state index contributed by atoms with van der Waals surface area (Å²) in [5.74, 6) is 0.0967. The Bertz CT molecular complexity index is 836. The van der Waals surface area contributed by atoms with Crippen LogP contribution in [0.5, 0.6) is 0 Å². The van der Waals surface area contributed by atoms with Crippen LogP contribution in [0, 0.1) is 5.92 Å². The molecule has 4 heteroatoms. The number of hydrogen-bond acceptors (Lipinski definition) is 3. The van der Waals surface area contributed by atoms with Crippen molar-refractivity contribution in [3.63, 3.8) is 0 Å². The van der Waals surface area contributed by atoms with E-state index in [4.69, 9.17) is 4.42 Å². The second-order valence-electron chi connectivity index (χ2n) is 7.74. The topological polar surface area (TPSA) is 45.5 Å². The zero-order chi connectivity index (χ0) is 18.1. The Labute approximate surface area is 155 Å². The molecule has 1 aromatic carbocycles. The largest absolute Gasteiger partial charge is 0.464 e. The minimum atomic E-state index is 0.0212. The van der Waals surface area contributed by atoms with Crippen molar-refractivity contribution in [3.05, 3.63) is 36.1 Å². The molecular formula is C22H28N2O2. The highest BCUT2D eigenvalue weighted by Gasteiger charge is 2.27. The first kappa shape index (κ1) is 17.3. The van der Waals surface area contributed by atoms with Crippen molar-refractivity contribution in [2.75, 3.05) is 18.4 Å². The first-order chi connectivity index (χ1) is 12.7. The first-order valence-corrected chi connectivity index (χ1v) is 9.91. The number of fused-ring (bicyclic) bond motifs is 2. The average molecular weight is 352 g/mol. The fourth-order valence-corrected chi connectivity index (χ4v) is 4.12. The van der Waals surface area contributed by atoms with Crippen molar-refractivity contribution in [1.82, 2.24) is 4.90 Å². The number of carbonyl (C=O) groups is 1. The van der Waals surface area contributed by atoms with Crippen molar-refractivity contribution in [1.29, 1.82) is 0 Å². The molecule has 1 amide bonds. The molecule has 2 aliphatic heterocycles. The Morgan fingerprint density at radius 2 is 2.27 bits per heavy atom. The predicted octanol–water partition coefficient (Wildman–Crippen LogP) is 5.06. The van der Waals surface area contributed by atoms with Crippen molar-refractivity contribution in [2.45, 2.75) is 52.0 Å². The third-order valence-corrected chi connectivity index (χ3v) is 6.02.